The number of aromatic hydroxyl groups is 1. The number of ether oxygens (including phenoxy) is 2. The van der Waals surface area contributed by atoms with Crippen molar-refractivity contribution in [3.63, 3.8) is 0 Å². The minimum Gasteiger partial charge on any atom is -0.507 e. The van der Waals surface area contributed by atoms with Crippen LogP contribution in [0.15, 0.2) is 30.3 Å². The third-order valence-electron chi connectivity index (χ3n) is 8.84. The van der Waals surface area contributed by atoms with Crippen LogP contribution in [0.3, 0.4) is 0 Å². The van der Waals surface area contributed by atoms with E-state index in [2.05, 4.69) is 0 Å². The van der Waals surface area contributed by atoms with Gasteiger partial charge in [0, 0.05) is 5.92 Å². The normalized spacial score (nSPS) is 28.9. The van der Waals surface area contributed by atoms with Crippen LogP contribution in [-0.4, -0.2) is 84.1 Å². The minimum atomic E-state index is -2.75. The summed E-state index contributed by atoms with van der Waals surface area (Å²) in [5.74, 6) is -9.66. The molecular weight excluding hydrogens is 544 g/mol. The third kappa shape index (κ3) is 4.23. The minimum absolute atomic E-state index is 0.0155. The molecule has 0 saturated heterocycles. The molecule has 3 aliphatic carbocycles. The Morgan fingerprint density at radius 3 is 2.33 bits per heavy atom. The number of methoxy groups -OCH3 is 2. The maximum atomic E-state index is 13.9. The maximum Gasteiger partial charge on any atom is 0.235 e. The predicted molar refractivity (Wildman–Crippen MR) is 150 cm³/mol. The summed E-state index contributed by atoms with van der Waals surface area (Å²) in [6, 6.07) is 7.22. The zero-order valence-electron chi connectivity index (χ0n) is 23.6. The monoisotopic (exact) mass is 576 g/mol. The van der Waals surface area contributed by atoms with Crippen molar-refractivity contribution in [3.8, 4) is 17.2 Å². The van der Waals surface area contributed by atoms with Gasteiger partial charge in [0.1, 0.15) is 5.75 Å². The third-order valence-corrected chi connectivity index (χ3v) is 8.84. The number of fused-ring (bicyclic) bond motifs is 3. The van der Waals surface area contributed by atoms with Crippen LogP contribution in [0.1, 0.15) is 33.5 Å². The highest BCUT2D eigenvalue weighted by molar-refractivity contribution is 6.32. The number of nitrogens with zero attached hydrogens (tertiary/aromatic N) is 1. The van der Waals surface area contributed by atoms with Crippen molar-refractivity contribution in [1.82, 2.24) is 4.90 Å². The first-order valence-electron chi connectivity index (χ1n) is 13.5. The molecule has 4 N–H and O–H groups in total. The summed E-state index contributed by atoms with van der Waals surface area (Å²) in [6.45, 7) is 0. The topological polar surface area (TPSA) is 174 Å². The molecule has 2 aromatic carbocycles. The Morgan fingerprint density at radius 1 is 1.02 bits per heavy atom. The van der Waals surface area contributed by atoms with Crippen molar-refractivity contribution in [2.75, 3.05) is 28.3 Å². The molecule has 2 aromatic rings. The van der Waals surface area contributed by atoms with Crippen LogP contribution < -0.4 is 15.2 Å². The molecule has 5 rings (SSSR count). The Labute approximate surface area is 241 Å². The number of hydrogen-bond donors (Lipinski definition) is 3. The molecule has 1 amide bonds. The number of Topliss-reactive ketones (excluding diaryl/α,β-unsaturated/α-hetero) is 4. The van der Waals surface area contributed by atoms with Crippen LogP contribution in [0.2, 0.25) is 0 Å². The van der Waals surface area contributed by atoms with Gasteiger partial charge in [-0.2, -0.15) is 0 Å². The first kappa shape index (κ1) is 29.2. The lowest BCUT2D eigenvalue weighted by molar-refractivity contribution is -0.181. The molecule has 6 atom stereocenters. The fourth-order valence-electron chi connectivity index (χ4n) is 6.93. The summed E-state index contributed by atoms with van der Waals surface area (Å²) in [6.07, 6.45) is 3.74. The number of nitrogens with two attached hydrogens (primary N) is 1. The second kappa shape index (κ2) is 10.5. The van der Waals surface area contributed by atoms with E-state index in [9.17, 15) is 34.2 Å². The van der Waals surface area contributed by atoms with E-state index >= 15 is 0 Å². The molecule has 220 valence electrons. The second-order valence-corrected chi connectivity index (χ2v) is 11.3. The predicted octanol–water partition coefficient (Wildman–Crippen LogP) is 1.05. The van der Waals surface area contributed by atoms with Gasteiger partial charge in [-0.25, -0.2) is 0 Å². The molecule has 0 spiro atoms. The second-order valence-electron chi connectivity index (χ2n) is 11.3. The molecule has 2 unspecified atom stereocenters. The summed E-state index contributed by atoms with van der Waals surface area (Å²) in [5, 5.41) is 22.4. The largest absolute Gasteiger partial charge is 0.507 e. The van der Waals surface area contributed by atoms with E-state index in [1.807, 2.05) is 6.07 Å². The molecule has 42 heavy (non-hydrogen) atoms. The zero-order valence-corrected chi connectivity index (χ0v) is 23.6. The van der Waals surface area contributed by atoms with E-state index in [-0.39, 0.29) is 24.2 Å². The smallest absolute Gasteiger partial charge is 0.235 e. The van der Waals surface area contributed by atoms with Gasteiger partial charge in [0.2, 0.25) is 5.91 Å². The fourth-order valence-corrected chi connectivity index (χ4v) is 6.93. The number of phenols is 1. The lowest BCUT2D eigenvalue weighted by atomic mass is 9.52. The van der Waals surface area contributed by atoms with Crippen LogP contribution in [0, 0.1) is 23.7 Å². The Bertz CT molecular complexity index is 1560. The number of benzene rings is 2. The summed E-state index contributed by atoms with van der Waals surface area (Å²) in [4.78, 5) is 67.9. The summed E-state index contributed by atoms with van der Waals surface area (Å²) in [5.41, 5.74) is 4.47. The van der Waals surface area contributed by atoms with Crippen molar-refractivity contribution < 1.29 is 43.7 Å². The van der Waals surface area contributed by atoms with Crippen molar-refractivity contribution in [1.29, 1.82) is 0 Å². The quantitative estimate of drug-likeness (QED) is 0.333. The van der Waals surface area contributed by atoms with Gasteiger partial charge < -0.3 is 25.4 Å². The number of carbonyl (C=O) groups excluding carboxylic acids is 5. The van der Waals surface area contributed by atoms with Gasteiger partial charge in [-0.05, 0) is 67.7 Å². The molecule has 0 bridgehead atoms. The van der Waals surface area contributed by atoms with Crippen molar-refractivity contribution in [2.24, 2.45) is 29.4 Å². The van der Waals surface area contributed by atoms with E-state index in [4.69, 9.17) is 15.2 Å². The summed E-state index contributed by atoms with van der Waals surface area (Å²) >= 11 is 0. The van der Waals surface area contributed by atoms with Gasteiger partial charge in [-0.3, -0.25) is 28.9 Å². The van der Waals surface area contributed by atoms with E-state index in [0.29, 0.717) is 22.6 Å². The number of ketones is 4. The van der Waals surface area contributed by atoms with Crippen LogP contribution in [0.25, 0.3) is 12.2 Å². The lowest BCUT2D eigenvalue weighted by Gasteiger charge is -2.52. The molecular formula is C31H32N2O9. The van der Waals surface area contributed by atoms with Gasteiger partial charge in [0.25, 0.3) is 0 Å². The van der Waals surface area contributed by atoms with Gasteiger partial charge in [-0.1, -0.05) is 24.3 Å². The van der Waals surface area contributed by atoms with E-state index in [1.54, 1.807) is 44.4 Å². The first-order valence-corrected chi connectivity index (χ1v) is 13.5. The number of primary amides is 1. The number of amides is 1. The van der Waals surface area contributed by atoms with Crippen LogP contribution in [0.4, 0.5) is 0 Å². The van der Waals surface area contributed by atoms with Crippen LogP contribution in [0.5, 0.6) is 17.2 Å². The molecule has 2 saturated carbocycles. The van der Waals surface area contributed by atoms with Gasteiger partial charge >= 0.3 is 0 Å². The number of hydrogen-bond acceptors (Lipinski definition) is 10. The Kier molecular flexibility index (Phi) is 7.28. The molecule has 11 heteroatoms. The molecule has 0 radical (unpaired) electrons. The maximum absolute atomic E-state index is 13.9. The molecule has 0 heterocycles. The molecule has 0 aliphatic heterocycles. The average molecular weight is 577 g/mol. The highest BCUT2D eigenvalue weighted by Crippen LogP contribution is 2.51. The standard InChI is InChI=1S/C31H32N2O9/c1-33(2)25-18-13-16-12-17-15(7-5-14-6-10-20(41-3)21(11-14)42-4)8-9-19(34)23(17)26(35)22(16)28(37)31(18,40)29(38)24(27(25)36)30(32)39/h5-11,16,18,22,24-25,34,40H,12-13H2,1-4H3,(H2,32,39)/b7-5+/t16-,18-,22?,24?,25-,31-/m0/s1. The highest BCUT2D eigenvalue weighted by Gasteiger charge is 2.69. The van der Waals surface area contributed by atoms with Gasteiger partial charge in [-0.15, -0.1) is 0 Å². The van der Waals surface area contributed by atoms with E-state index in [1.165, 1.54) is 25.2 Å². The van der Waals surface area contributed by atoms with Crippen LogP contribution >= 0.6 is 0 Å². The zero-order chi connectivity index (χ0) is 30.7. The van der Waals surface area contributed by atoms with Gasteiger partial charge in [0.15, 0.2) is 46.2 Å². The number of likely N-dealkylation sites (N-methyl/N-ethyl adjacent to an activating group) is 1. The van der Waals surface area contributed by atoms with E-state index in [0.717, 1.165) is 5.56 Å². The Hall–Kier alpha value is -4.35. The molecule has 3 aliphatic rings. The molecule has 2 fully saturated rings. The van der Waals surface area contributed by atoms with Gasteiger partial charge in [0.05, 0.1) is 31.7 Å². The van der Waals surface area contributed by atoms with Crippen molar-refractivity contribution >= 4 is 41.2 Å². The summed E-state index contributed by atoms with van der Waals surface area (Å²) < 4.78 is 10.6. The molecule has 11 nitrogen and oxygen atoms in total. The highest BCUT2D eigenvalue weighted by atomic mass is 16.5. The Balaban J connectivity index is 1.57. The van der Waals surface area contributed by atoms with Crippen molar-refractivity contribution in [2.45, 2.75) is 24.5 Å². The first-order chi connectivity index (χ1) is 19.9. The van der Waals surface area contributed by atoms with Crippen molar-refractivity contribution in [3.05, 3.63) is 52.6 Å². The average Bonchev–Trinajstić information content (AvgIpc) is 2.94. The number of carbonyl (C=O) groups is 5. The number of aliphatic hydroxyl groups is 1. The lowest BCUT2D eigenvalue weighted by Crippen LogP contribution is -2.74. The summed E-state index contributed by atoms with van der Waals surface area (Å²) in [7, 11) is 6.15. The van der Waals surface area contributed by atoms with E-state index < -0.39 is 64.4 Å². The van der Waals surface area contributed by atoms with Crippen LogP contribution in [-0.2, 0) is 25.6 Å². The number of phenolic OH excluding ortho intramolecular Hbond substituents is 1. The Morgan fingerprint density at radius 2 is 1.71 bits per heavy atom. The SMILES string of the molecule is COc1ccc(/C=C/c2ccc(O)c3c2C[C@H]2C[C@H]4[C@H](N(C)C)C(=O)C(C(N)=O)C(=O)[C@@]4(O)C(=O)C2C3=O)cc1OC. The molecule has 0 aromatic heterocycles. The fraction of sp³-hybridized carbons (Fsp3) is 0.387. The number of rotatable bonds is 6.